The number of amidine groups is 1. The summed E-state index contributed by atoms with van der Waals surface area (Å²) in [6.07, 6.45) is -7.22. The number of benzene rings is 1. The molecule has 2 aromatic rings. The molecular weight excluding hydrogens is 454 g/mol. The summed E-state index contributed by atoms with van der Waals surface area (Å²) in [5.41, 5.74) is 3.25. The van der Waals surface area contributed by atoms with Gasteiger partial charge in [-0.2, -0.15) is 18.4 Å². The van der Waals surface area contributed by atoms with Crippen molar-refractivity contribution in [3.63, 3.8) is 0 Å². The highest BCUT2D eigenvalue weighted by atomic mass is 35.5. The van der Waals surface area contributed by atoms with Crippen LogP contribution in [0.3, 0.4) is 0 Å². The third-order valence-electron chi connectivity index (χ3n) is 4.82. The number of nitrogens with zero attached hydrogens (tertiary/aromatic N) is 3. The summed E-state index contributed by atoms with van der Waals surface area (Å²) >= 11 is 0. The quantitative estimate of drug-likeness (QED) is 0.663. The molecule has 1 aromatic heterocycles. The van der Waals surface area contributed by atoms with Crippen LogP contribution < -0.4 is 11.1 Å². The minimum Gasteiger partial charge on any atom is -0.385 e. The Labute approximate surface area is 186 Å². The molecule has 12 heteroatoms. The van der Waals surface area contributed by atoms with Crippen LogP contribution in [-0.4, -0.2) is 35.1 Å². The molecule has 1 amide bonds. The van der Waals surface area contributed by atoms with Crippen LogP contribution in [0.5, 0.6) is 0 Å². The number of nitrogens with one attached hydrogen (secondary N) is 1. The van der Waals surface area contributed by atoms with E-state index in [1.54, 1.807) is 0 Å². The first kappa shape index (κ1) is 25.0. The predicted molar refractivity (Wildman–Crippen MR) is 110 cm³/mol. The van der Waals surface area contributed by atoms with Gasteiger partial charge in [0.25, 0.3) is 5.91 Å². The van der Waals surface area contributed by atoms with Crippen LogP contribution in [0.25, 0.3) is 0 Å². The van der Waals surface area contributed by atoms with E-state index in [-0.39, 0.29) is 35.2 Å². The van der Waals surface area contributed by atoms with E-state index in [0.29, 0.717) is 0 Å². The molecule has 0 unspecified atom stereocenters. The fourth-order valence-electron chi connectivity index (χ4n) is 3.20. The van der Waals surface area contributed by atoms with Gasteiger partial charge in [0, 0.05) is 17.4 Å². The molecular formula is C20H18ClF4N5O2. The van der Waals surface area contributed by atoms with Crippen molar-refractivity contribution in [2.24, 2.45) is 10.7 Å². The number of pyridine rings is 1. The van der Waals surface area contributed by atoms with E-state index in [0.717, 1.165) is 19.1 Å². The number of carbonyl (C=O) groups excluding carboxylic acids is 1. The molecule has 3 atom stereocenters. The third kappa shape index (κ3) is 4.81. The smallest absolute Gasteiger partial charge is 0.385 e. The lowest BCUT2D eigenvalue weighted by Crippen LogP contribution is -2.55. The van der Waals surface area contributed by atoms with Gasteiger partial charge in [0.05, 0.1) is 5.56 Å². The lowest BCUT2D eigenvalue weighted by Gasteiger charge is -2.41. The Morgan fingerprint density at radius 1 is 1.31 bits per heavy atom. The summed E-state index contributed by atoms with van der Waals surface area (Å²) in [7, 11) is 0. The second-order valence-electron chi connectivity index (χ2n) is 7.08. The van der Waals surface area contributed by atoms with E-state index in [1.165, 1.54) is 31.3 Å². The molecule has 32 heavy (non-hydrogen) atoms. The zero-order valence-electron chi connectivity index (χ0n) is 16.8. The SMILES string of the molecule is C[C@H]1O[C@@H](C(F)(F)F)[C@@](C)(c2cc(NC(=O)c3ccc(C#N)cn3)ccc2F)N=C1N.Cl. The van der Waals surface area contributed by atoms with E-state index in [4.69, 9.17) is 15.7 Å². The van der Waals surface area contributed by atoms with Crippen molar-refractivity contribution in [2.75, 3.05) is 5.32 Å². The fourth-order valence-corrected chi connectivity index (χ4v) is 3.20. The van der Waals surface area contributed by atoms with Crippen molar-refractivity contribution in [1.29, 1.82) is 5.26 Å². The molecule has 1 aliphatic rings. The molecule has 170 valence electrons. The Kier molecular flexibility index (Phi) is 7.12. The van der Waals surface area contributed by atoms with Gasteiger partial charge in [-0.15, -0.1) is 12.4 Å². The van der Waals surface area contributed by atoms with Gasteiger partial charge in [-0.1, -0.05) is 0 Å². The van der Waals surface area contributed by atoms with Crippen LogP contribution in [-0.2, 0) is 10.3 Å². The number of amides is 1. The van der Waals surface area contributed by atoms with E-state index in [1.807, 2.05) is 6.07 Å². The van der Waals surface area contributed by atoms with Crippen LogP contribution >= 0.6 is 12.4 Å². The molecule has 1 aliphatic heterocycles. The van der Waals surface area contributed by atoms with Crippen molar-refractivity contribution in [3.05, 3.63) is 59.2 Å². The maximum absolute atomic E-state index is 14.6. The second kappa shape index (κ2) is 9.10. The average Bonchev–Trinajstić information content (AvgIpc) is 2.71. The minimum absolute atomic E-state index is 0. The number of halogens is 5. The predicted octanol–water partition coefficient (Wildman–Crippen LogP) is 3.69. The van der Waals surface area contributed by atoms with Crippen LogP contribution in [0.15, 0.2) is 41.5 Å². The van der Waals surface area contributed by atoms with E-state index in [9.17, 15) is 22.4 Å². The van der Waals surface area contributed by atoms with Crippen LogP contribution in [0, 0.1) is 17.1 Å². The number of anilines is 1. The number of carbonyl (C=O) groups is 1. The Hall–Kier alpha value is -3.23. The number of nitrogens with two attached hydrogens (primary N) is 1. The van der Waals surface area contributed by atoms with Gasteiger partial charge >= 0.3 is 6.18 Å². The molecule has 0 saturated carbocycles. The lowest BCUT2D eigenvalue weighted by molar-refractivity contribution is -0.248. The number of hydrogen-bond donors (Lipinski definition) is 2. The van der Waals surface area contributed by atoms with Gasteiger partial charge < -0.3 is 15.8 Å². The first-order chi connectivity index (χ1) is 14.5. The van der Waals surface area contributed by atoms with Crippen molar-refractivity contribution in [3.8, 4) is 6.07 Å². The van der Waals surface area contributed by atoms with Gasteiger partial charge in [0.2, 0.25) is 0 Å². The zero-order chi connectivity index (χ0) is 23.0. The van der Waals surface area contributed by atoms with Gasteiger partial charge in [0.1, 0.15) is 35.1 Å². The minimum atomic E-state index is -4.86. The fraction of sp³-hybridized carbons (Fsp3) is 0.300. The number of aromatic nitrogens is 1. The number of nitriles is 1. The molecule has 3 N–H and O–H groups in total. The normalized spacial score (nSPS) is 22.8. The number of ether oxygens (including phenoxy) is 1. The monoisotopic (exact) mass is 471 g/mol. The van der Waals surface area contributed by atoms with E-state index >= 15 is 0 Å². The average molecular weight is 472 g/mol. The molecule has 0 fully saturated rings. The van der Waals surface area contributed by atoms with Crippen molar-refractivity contribution in [1.82, 2.24) is 4.98 Å². The highest BCUT2D eigenvalue weighted by molar-refractivity contribution is 6.02. The standard InChI is InChI=1S/C20H17F4N5O2.ClH/c1-10-16(26)29-19(2,18(31-10)20(22,23)24)13-7-12(4-5-14(13)21)28-17(30)15-6-3-11(8-25)9-27-15;/h3-7,9-10,18H,1-2H3,(H2,26,29)(H,28,30);1H/t10-,18-,19-;/m1./s1. The summed E-state index contributed by atoms with van der Waals surface area (Å²) in [4.78, 5) is 20.1. The Bertz CT molecular complexity index is 1080. The molecule has 0 bridgehead atoms. The first-order valence-electron chi connectivity index (χ1n) is 9.00. The summed E-state index contributed by atoms with van der Waals surface area (Å²) in [6, 6.07) is 7.69. The first-order valence-corrected chi connectivity index (χ1v) is 9.00. The zero-order valence-corrected chi connectivity index (χ0v) is 17.6. The molecule has 1 aromatic carbocycles. The van der Waals surface area contributed by atoms with Crippen molar-refractivity contribution in [2.45, 2.75) is 37.8 Å². The maximum Gasteiger partial charge on any atom is 0.417 e. The van der Waals surface area contributed by atoms with Gasteiger partial charge in [-0.25, -0.2) is 9.37 Å². The molecule has 0 radical (unpaired) electrons. The number of rotatable bonds is 3. The van der Waals surface area contributed by atoms with Gasteiger partial charge in [0.15, 0.2) is 6.10 Å². The maximum atomic E-state index is 14.6. The Morgan fingerprint density at radius 2 is 2.00 bits per heavy atom. The lowest BCUT2D eigenvalue weighted by atomic mass is 9.84. The van der Waals surface area contributed by atoms with Crippen LogP contribution in [0.4, 0.5) is 23.2 Å². The molecule has 2 heterocycles. The van der Waals surface area contributed by atoms with Gasteiger partial charge in [-0.3, -0.25) is 9.79 Å². The molecule has 3 rings (SSSR count). The highest BCUT2D eigenvalue weighted by Crippen LogP contribution is 2.44. The summed E-state index contributed by atoms with van der Waals surface area (Å²) in [6.45, 7) is 2.38. The van der Waals surface area contributed by atoms with Crippen molar-refractivity contribution < 1.29 is 27.1 Å². The Balaban J connectivity index is 0.00000363. The second-order valence-corrected chi connectivity index (χ2v) is 7.08. The summed E-state index contributed by atoms with van der Waals surface area (Å²) < 4.78 is 60.7. The highest BCUT2D eigenvalue weighted by Gasteiger charge is 2.57. The number of hydrogen-bond acceptors (Lipinski definition) is 6. The molecule has 7 nitrogen and oxygen atoms in total. The van der Waals surface area contributed by atoms with Gasteiger partial charge in [-0.05, 0) is 44.2 Å². The molecule has 0 spiro atoms. The largest absolute Gasteiger partial charge is 0.417 e. The van der Waals surface area contributed by atoms with E-state index in [2.05, 4.69) is 15.3 Å². The Morgan fingerprint density at radius 3 is 2.56 bits per heavy atom. The topological polar surface area (TPSA) is 113 Å². The summed E-state index contributed by atoms with van der Waals surface area (Å²) in [5, 5.41) is 11.2. The number of aliphatic imine (C=N–C) groups is 1. The van der Waals surface area contributed by atoms with Crippen LogP contribution in [0.2, 0.25) is 0 Å². The molecule has 0 aliphatic carbocycles. The van der Waals surface area contributed by atoms with Crippen LogP contribution in [0.1, 0.15) is 35.5 Å². The molecule has 0 saturated heterocycles. The summed E-state index contributed by atoms with van der Waals surface area (Å²) in [5.74, 6) is -1.88. The van der Waals surface area contributed by atoms with Crippen molar-refractivity contribution >= 4 is 29.8 Å². The van der Waals surface area contributed by atoms with E-state index < -0.39 is 41.2 Å². The number of alkyl halides is 3. The third-order valence-corrected chi connectivity index (χ3v) is 4.82.